The molecule has 0 aromatic rings. The van der Waals surface area contributed by atoms with Crippen LogP contribution in [0.25, 0.3) is 0 Å². The van der Waals surface area contributed by atoms with Crippen LogP contribution in [-0.2, 0) is 4.12 Å². The zero-order valence-electron chi connectivity index (χ0n) is 6.82. The fraction of sp³-hybridized carbons (Fsp3) is 1.00. The van der Waals surface area contributed by atoms with Crippen molar-refractivity contribution in [1.82, 2.24) is 0 Å². The van der Waals surface area contributed by atoms with Crippen LogP contribution in [0.3, 0.4) is 0 Å². The fourth-order valence-corrected chi connectivity index (χ4v) is 13.1. The third kappa shape index (κ3) is 1.91. The van der Waals surface area contributed by atoms with Crippen LogP contribution in [-0.4, -0.2) is 16.6 Å². The van der Waals surface area contributed by atoms with Crippen molar-refractivity contribution in [2.24, 2.45) is 0 Å². The third-order valence-corrected chi connectivity index (χ3v) is 9.71. The molecule has 0 N–H and O–H groups in total. The number of hydrogen-bond acceptors (Lipinski definition) is 1. The molecule has 1 rings (SSSR count). The van der Waals surface area contributed by atoms with Crippen molar-refractivity contribution in [3.8, 4) is 0 Å². The first-order valence-corrected chi connectivity index (χ1v) is 9.85. The van der Waals surface area contributed by atoms with E-state index in [1.165, 1.54) is 12.1 Å². The summed E-state index contributed by atoms with van der Waals surface area (Å²) in [7, 11) is -2.23. The van der Waals surface area contributed by atoms with Gasteiger partial charge in [0.2, 0.25) is 0 Å². The first-order chi connectivity index (χ1) is 3.91. The van der Waals surface area contributed by atoms with Crippen molar-refractivity contribution >= 4 is 16.6 Å². The molecule has 0 unspecified atom stereocenters. The maximum absolute atomic E-state index is 6.01. The molecule has 1 aliphatic rings. The molecule has 54 valence electrons. The van der Waals surface area contributed by atoms with Gasteiger partial charge >= 0.3 is 0 Å². The smallest absolute Gasteiger partial charge is 0.173 e. The summed E-state index contributed by atoms with van der Waals surface area (Å²) in [4.78, 5) is 0. The van der Waals surface area contributed by atoms with E-state index in [0.29, 0.717) is 0 Å². The predicted molar refractivity (Wildman–Crippen MR) is 45.7 cm³/mol. The second-order valence-corrected chi connectivity index (χ2v) is 13.0. The van der Waals surface area contributed by atoms with Crippen molar-refractivity contribution in [2.75, 3.05) is 0 Å². The minimum absolute atomic E-state index is 1.11. The Kier molecular flexibility index (Phi) is 1.61. The molecule has 0 bridgehead atoms. The maximum Gasteiger partial charge on any atom is 0.173 e. The molecule has 0 saturated carbocycles. The molecule has 0 aliphatic carbocycles. The molecule has 1 nitrogen and oxygen atoms in total. The lowest BCUT2D eigenvalue weighted by Gasteiger charge is -2.21. The Bertz CT molecular complexity index is 106. The zero-order chi connectivity index (χ0) is 7.12. The molecule has 0 spiro atoms. The van der Waals surface area contributed by atoms with Gasteiger partial charge in [0.25, 0.3) is 0 Å². The predicted octanol–water partition coefficient (Wildman–Crippen LogP) is 2.43. The van der Waals surface area contributed by atoms with Gasteiger partial charge < -0.3 is 4.12 Å². The minimum atomic E-state index is -1.11. The Labute approximate surface area is 59.7 Å². The van der Waals surface area contributed by atoms with Gasteiger partial charge in [-0.1, -0.05) is 0 Å². The third-order valence-electron chi connectivity index (χ3n) is 1.88. The summed E-state index contributed by atoms with van der Waals surface area (Å²) in [6.45, 7) is 9.31. The van der Waals surface area contributed by atoms with Crippen LogP contribution < -0.4 is 0 Å². The molecule has 0 amide bonds. The molecule has 1 fully saturated rings. The van der Waals surface area contributed by atoms with Crippen molar-refractivity contribution in [2.45, 2.75) is 38.3 Å². The molecule has 1 heterocycles. The van der Waals surface area contributed by atoms with Crippen molar-refractivity contribution in [1.29, 1.82) is 0 Å². The molecule has 0 atom stereocenters. The molecule has 0 aromatic carbocycles. The van der Waals surface area contributed by atoms with Crippen molar-refractivity contribution in [3.05, 3.63) is 0 Å². The molecular weight excluding hydrogens is 144 g/mol. The van der Waals surface area contributed by atoms with E-state index < -0.39 is 16.6 Å². The molecule has 3 heteroatoms. The van der Waals surface area contributed by atoms with Gasteiger partial charge in [-0.25, -0.2) is 0 Å². The van der Waals surface area contributed by atoms with E-state index in [0.717, 1.165) is 0 Å². The van der Waals surface area contributed by atoms with Gasteiger partial charge in [-0.2, -0.15) is 0 Å². The molecular formula is C6H16OSi2. The SMILES string of the molecule is C[Si]1(C)CC[Si](C)(C)O1. The Morgan fingerprint density at radius 1 is 0.889 bits per heavy atom. The maximum atomic E-state index is 6.01. The van der Waals surface area contributed by atoms with Crippen molar-refractivity contribution in [3.63, 3.8) is 0 Å². The van der Waals surface area contributed by atoms with Gasteiger partial charge in [0, 0.05) is 0 Å². The van der Waals surface area contributed by atoms with Crippen LogP contribution >= 0.6 is 0 Å². The van der Waals surface area contributed by atoms with Crippen LogP contribution in [0.4, 0.5) is 0 Å². The minimum Gasteiger partial charge on any atom is -0.456 e. The largest absolute Gasteiger partial charge is 0.456 e. The van der Waals surface area contributed by atoms with E-state index in [1.807, 2.05) is 0 Å². The topological polar surface area (TPSA) is 9.23 Å². The second kappa shape index (κ2) is 1.94. The van der Waals surface area contributed by atoms with Gasteiger partial charge in [0.05, 0.1) is 0 Å². The summed E-state index contributed by atoms with van der Waals surface area (Å²) in [5.41, 5.74) is 0. The number of hydrogen-bond donors (Lipinski definition) is 0. The van der Waals surface area contributed by atoms with Gasteiger partial charge in [-0.05, 0) is 38.3 Å². The summed E-state index contributed by atoms with van der Waals surface area (Å²) >= 11 is 0. The van der Waals surface area contributed by atoms with E-state index in [4.69, 9.17) is 4.12 Å². The van der Waals surface area contributed by atoms with E-state index in [9.17, 15) is 0 Å². The Balaban J connectivity index is 2.58. The van der Waals surface area contributed by atoms with Crippen LogP contribution in [0.15, 0.2) is 0 Å². The summed E-state index contributed by atoms with van der Waals surface area (Å²) < 4.78 is 6.01. The molecule has 1 aliphatic heterocycles. The lowest BCUT2D eigenvalue weighted by Crippen LogP contribution is -2.33. The average molecular weight is 160 g/mol. The monoisotopic (exact) mass is 160 g/mol. The van der Waals surface area contributed by atoms with Crippen LogP contribution in [0.2, 0.25) is 38.3 Å². The Hall–Kier alpha value is 0.394. The average Bonchev–Trinajstić information content (AvgIpc) is 1.78. The summed E-state index contributed by atoms with van der Waals surface area (Å²) in [6, 6.07) is 2.79. The second-order valence-electron chi connectivity index (χ2n) is 4.12. The lowest BCUT2D eigenvalue weighted by atomic mass is 10.9. The highest BCUT2D eigenvalue weighted by molar-refractivity contribution is 6.89. The number of rotatable bonds is 0. The Morgan fingerprint density at radius 2 is 1.22 bits per heavy atom. The van der Waals surface area contributed by atoms with E-state index in [2.05, 4.69) is 26.2 Å². The lowest BCUT2D eigenvalue weighted by molar-refractivity contribution is 0.575. The van der Waals surface area contributed by atoms with E-state index in [1.54, 1.807) is 0 Å². The van der Waals surface area contributed by atoms with E-state index in [-0.39, 0.29) is 0 Å². The highest BCUT2D eigenvalue weighted by Gasteiger charge is 2.40. The highest BCUT2D eigenvalue weighted by Crippen LogP contribution is 2.32. The van der Waals surface area contributed by atoms with Crippen LogP contribution in [0.1, 0.15) is 0 Å². The Morgan fingerprint density at radius 3 is 1.33 bits per heavy atom. The first kappa shape index (κ1) is 7.50. The van der Waals surface area contributed by atoms with E-state index >= 15 is 0 Å². The van der Waals surface area contributed by atoms with Gasteiger partial charge in [-0.15, -0.1) is 0 Å². The summed E-state index contributed by atoms with van der Waals surface area (Å²) in [5, 5.41) is 0. The molecule has 0 radical (unpaired) electrons. The fourth-order valence-electron chi connectivity index (χ4n) is 1.45. The van der Waals surface area contributed by atoms with Crippen molar-refractivity contribution < 1.29 is 4.12 Å². The zero-order valence-corrected chi connectivity index (χ0v) is 8.82. The van der Waals surface area contributed by atoms with Gasteiger partial charge in [0.1, 0.15) is 0 Å². The normalized spacial score (nSPS) is 30.7. The first-order valence-electron chi connectivity index (χ1n) is 3.62. The van der Waals surface area contributed by atoms with Crippen LogP contribution in [0, 0.1) is 0 Å². The molecule has 1 saturated heterocycles. The summed E-state index contributed by atoms with van der Waals surface area (Å²) in [5.74, 6) is 0. The highest BCUT2D eigenvalue weighted by atomic mass is 28.4. The van der Waals surface area contributed by atoms with Crippen LogP contribution in [0.5, 0.6) is 0 Å². The van der Waals surface area contributed by atoms with Gasteiger partial charge in [0.15, 0.2) is 16.6 Å². The quantitative estimate of drug-likeness (QED) is 0.495. The summed E-state index contributed by atoms with van der Waals surface area (Å²) in [6.07, 6.45) is 0. The van der Waals surface area contributed by atoms with Gasteiger partial charge in [-0.3, -0.25) is 0 Å². The molecule has 0 aromatic heterocycles. The standard InChI is InChI=1S/C6H16OSi2/c1-8(2)5-6-9(3,4)7-8/h5-6H2,1-4H3. The molecule has 9 heavy (non-hydrogen) atoms.